The minimum atomic E-state index is 0.584. The predicted molar refractivity (Wildman–Crippen MR) is 99.7 cm³/mol. The summed E-state index contributed by atoms with van der Waals surface area (Å²) in [6.45, 7) is 11.5. The number of oxazole rings is 1. The minimum Gasteiger partial charge on any atom is -0.443 e. The maximum atomic E-state index is 5.89. The molecule has 0 saturated heterocycles. The van der Waals surface area contributed by atoms with Gasteiger partial charge in [-0.25, -0.2) is 4.98 Å². The van der Waals surface area contributed by atoms with Gasteiger partial charge < -0.3 is 4.42 Å². The Morgan fingerprint density at radius 2 is 2.00 bits per heavy atom. The van der Waals surface area contributed by atoms with E-state index in [1.807, 2.05) is 0 Å². The van der Waals surface area contributed by atoms with Crippen molar-refractivity contribution in [2.75, 3.05) is 0 Å². The molecule has 1 heterocycles. The molecule has 0 amide bonds. The Morgan fingerprint density at radius 3 is 2.75 bits per heavy atom. The largest absolute Gasteiger partial charge is 0.443 e. The summed E-state index contributed by atoms with van der Waals surface area (Å²) < 4.78 is 5.89. The van der Waals surface area contributed by atoms with Crippen LogP contribution in [0.25, 0.3) is 11.1 Å². The molecular formula is C22H29NO. The molecule has 0 fully saturated rings. The molecule has 2 nitrogen and oxygen atoms in total. The maximum absolute atomic E-state index is 5.89. The molecule has 1 aromatic heterocycles. The van der Waals surface area contributed by atoms with Crippen LogP contribution in [0.2, 0.25) is 0 Å². The first kappa shape index (κ1) is 15.9. The summed E-state index contributed by atoms with van der Waals surface area (Å²) in [4.78, 5) is 4.59. The quantitative estimate of drug-likeness (QED) is 0.582. The summed E-state index contributed by atoms with van der Waals surface area (Å²) in [5.74, 6) is 2.69. The highest BCUT2D eigenvalue weighted by molar-refractivity contribution is 5.84. The van der Waals surface area contributed by atoms with E-state index in [4.69, 9.17) is 4.42 Å². The SMILES string of the molecule is CC(C)=CC[C@@H]1C[C@@H](C)[C@H]2CC[C@@H](C)c3c2c1c(C)c1ncoc31. The molecule has 2 heteroatoms. The van der Waals surface area contributed by atoms with Crippen LogP contribution >= 0.6 is 0 Å². The van der Waals surface area contributed by atoms with Gasteiger partial charge in [0.2, 0.25) is 0 Å². The molecule has 0 bridgehead atoms. The molecule has 1 aromatic carbocycles. The van der Waals surface area contributed by atoms with Crippen molar-refractivity contribution in [1.82, 2.24) is 4.98 Å². The van der Waals surface area contributed by atoms with Crippen LogP contribution in [-0.4, -0.2) is 4.98 Å². The van der Waals surface area contributed by atoms with Gasteiger partial charge in [-0.3, -0.25) is 0 Å². The van der Waals surface area contributed by atoms with Crippen molar-refractivity contribution in [2.45, 2.75) is 78.1 Å². The smallest absolute Gasteiger partial charge is 0.182 e. The standard InChI is InChI=1S/C22H29NO/c1-12(2)6-8-16-10-14(4)17-9-7-13(3)18-20(17)19(16)15(5)21-22(18)24-11-23-21/h6,11,13-14,16-17H,7-10H2,1-5H3/t13-,14-,16-,17-/m1/s1. The first-order valence-corrected chi connectivity index (χ1v) is 9.51. The highest BCUT2D eigenvalue weighted by Gasteiger charge is 2.40. The molecule has 0 aliphatic heterocycles. The van der Waals surface area contributed by atoms with Crippen molar-refractivity contribution in [3.8, 4) is 0 Å². The Bertz CT molecular complexity index is 809. The fraction of sp³-hybridized carbons (Fsp3) is 0.591. The van der Waals surface area contributed by atoms with Gasteiger partial charge >= 0.3 is 0 Å². The Hall–Kier alpha value is -1.57. The number of aryl methyl sites for hydroxylation is 1. The molecule has 0 saturated carbocycles. The molecule has 0 radical (unpaired) electrons. The fourth-order valence-electron chi connectivity index (χ4n) is 5.33. The van der Waals surface area contributed by atoms with Crippen molar-refractivity contribution in [1.29, 1.82) is 0 Å². The Labute approximate surface area is 145 Å². The molecule has 4 atom stereocenters. The summed E-state index contributed by atoms with van der Waals surface area (Å²) in [7, 11) is 0. The van der Waals surface area contributed by atoms with E-state index in [-0.39, 0.29) is 0 Å². The molecule has 24 heavy (non-hydrogen) atoms. The van der Waals surface area contributed by atoms with Gasteiger partial charge in [0, 0.05) is 5.56 Å². The summed E-state index contributed by atoms with van der Waals surface area (Å²) in [5, 5.41) is 0. The van der Waals surface area contributed by atoms with Crippen LogP contribution in [0.3, 0.4) is 0 Å². The van der Waals surface area contributed by atoms with Crippen LogP contribution in [0.15, 0.2) is 22.5 Å². The Kier molecular flexibility index (Phi) is 3.82. The minimum absolute atomic E-state index is 0.584. The fourth-order valence-corrected chi connectivity index (χ4v) is 5.33. The monoisotopic (exact) mass is 323 g/mol. The summed E-state index contributed by atoms with van der Waals surface area (Å²) in [6.07, 6.45) is 9.13. The second-order valence-electron chi connectivity index (χ2n) is 8.41. The van der Waals surface area contributed by atoms with Crippen molar-refractivity contribution in [2.24, 2.45) is 5.92 Å². The number of aromatic nitrogens is 1. The zero-order valence-corrected chi connectivity index (χ0v) is 15.6. The normalized spacial score (nSPS) is 28.7. The average Bonchev–Trinajstić information content (AvgIpc) is 3.01. The molecule has 0 N–H and O–H groups in total. The lowest BCUT2D eigenvalue weighted by Gasteiger charge is -2.43. The van der Waals surface area contributed by atoms with Crippen LogP contribution in [0.4, 0.5) is 0 Å². The van der Waals surface area contributed by atoms with Crippen molar-refractivity contribution in [3.05, 3.63) is 40.3 Å². The number of fused-ring (bicyclic) bond motifs is 2. The van der Waals surface area contributed by atoms with E-state index in [9.17, 15) is 0 Å². The van der Waals surface area contributed by atoms with E-state index in [1.54, 1.807) is 17.5 Å². The van der Waals surface area contributed by atoms with Crippen LogP contribution in [-0.2, 0) is 0 Å². The molecule has 2 aromatic rings. The van der Waals surface area contributed by atoms with E-state index >= 15 is 0 Å². The average molecular weight is 323 g/mol. The Morgan fingerprint density at radius 1 is 1.21 bits per heavy atom. The third-order valence-electron chi connectivity index (χ3n) is 6.49. The predicted octanol–water partition coefficient (Wildman–Crippen LogP) is 6.60. The molecular weight excluding hydrogens is 294 g/mol. The zero-order valence-electron chi connectivity index (χ0n) is 15.6. The van der Waals surface area contributed by atoms with E-state index in [1.165, 1.54) is 36.0 Å². The summed E-state index contributed by atoms with van der Waals surface area (Å²) >= 11 is 0. The van der Waals surface area contributed by atoms with Crippen molar-refractivity contribution < 1.29 is 4.42 Å². The zero-order chi connectivity index (χ0) is 17.0. The number of nitrogens with zero attached hydrogens (tertiary/aromatic N) is 1. The van der Waals surface area contributed by atoms with Gasteiger partial charge in [0.15, 0.2) is 12.0 Å². The highest BCUT2D eigenvalue weighted by atomic mass is 16.3. The van der Waals surface area contributed by atoms with Gasteiger partial charge in [-0.05, 0) is 86.8 Å². The van der Waals surface area contributed by atoms with Gasteiger partial charge in [-0.15, -0.1) is 0 Å². The van der Waals surface area contributed by atoms with Crippen LogP contribution in [0.1, 0.15) is 93.4 Å². The van der Waals surface area contributed by atoms with E-state index in [0.717, 1.165) is 23.4 Å². The first-order valence-electron chi connectivity index (χ1n) is 9.51. The topological polar surface area (TPSA) is 26.0 Å². The van der Waals surface area contributed by atoms with Gasteiger partial charge in [0.25, 0.3) is 0 Å². The first-order chi connectivity index (χ1) is 11.5. The third-order valence-corrected chi connectivity index (χ3v) is 6.49. The molecule has 2 aliphatic carbocycles. The second kappa shape index (κ2) is 5.75. The van der Waals surface area contributed by atoms with E-state index in [0.29, 0.717) is 17.8 Å². The lowest BCUT2D eigenvalue weighted by atomic mass is 9.61. The van der Waals surface area contributed by atoms with Crippen molar-refractivity contribution >= 4 is 11.1 Å². The van der Waals surface area contributed by atoms with E-state index < -0.39 is 0 Å². The summed E-state index contributed by atoms with van der Waals surface area (Å²) in [5.41, 5.74) is 9.70. The lowest BCUT2D eigenvalue weighted by molar-refractivity contribution is 0.317. The second-order valence-corrected chi connectivity index (χ2v) is 8.41. The highest BCUT2D eigenvalue weighted by Crippen LogP contribution is 2.55. The van der Waals surface area contributed by atoms with E-state index in [2.05, 4.69) is 45.7 Å². The maximum Gasteiger partial charge on any atom is 0.182 e. The number of allylic oxidation sites excluding steroid dienone is 2. The number of benzene rings is 1. The molecule has 2 aliphatic rings. The van der Waals surface area contributed by atoms with Crippen LogP contribution < -0.4 is 0 Å². The number of hydrogen-bond acceptors (Lipinski definition) is 2. The van der Waals surface area contributed by atoms with Gasteiger partial charge in [-0.1, -0.05) is 25.5 Å². The number of rotatable bonds is 2. The van der Waals surface area contributed by atoms with Crippen LogP contribution in [0, 0.1) is 12.8 Å². The Balaban J connectivity index is 2.00. The molecule has 4 rings (SSSR count). The van der Waals surface area contributed by atoms with Gasteiger partial charge in [0.05, 0.1) is 0 Å². The van der Waals surface area contributed by atoms with Gasteiger partial charge in [0.1, 0.15) is 5.52 Å². The molecule has 0 spiro atoms. The molecule has 0 unspecified atom stereocenters. The van der Waals surface area contributed by atoms with Crippen LogP contribution in [0.5, 0.6) is 0 Å². The number of hydrogen-bond donors (Lipinski definition) is 0. The molecule has 128 valence electrons. The third kappa shape index (κ3) is 2.26. The summed E-state index contributed by atoms with van der Waals surface area (Å²) in [6, 6.07) is 0. The lowest BCUT2D eigenvalue weighted by Crippen LogP contribution is -2.28. The van der Waals surface area contributed by atoms with Crippen molar-refractivity contribution in [3.63, 3.8) is 0 Å². The van der Waals surface area contributed by atoms with Gasteiger partial charge in [-0.2, -0.15) is 0 Å².